The quantitative estimate of drug-likeness (QED) is 0.764. The molecule has 2 aliphatic rings. The van der Waals surface area contributed by atoms with Crippen LogP contribution < -0.4 is 0 Å². The Morgan fingerprint density at radius 3 is 2.57 bits per heavy atom. The highest BCUT2D eigenvalue weighted by Crippen LogP contribution is 2.31. The van der Waals surface area contributed by atoms with E-state index in [2.05, 4.69) is 9.98 Å². The summed E-state index contributed by atoms with van der Waals surface area (Å²) < 4.78 is 23.8. The molecule has 8 nitrogen and oxygen atoms in total. The molecule has 0 aromatic carbocycles. The second kappa shape index (κ2) is 4.16. The lowest BCUT2D eigenvalue weighted by molar-refractivity contribution is 0.0689. The number of allylic oxidation sites excluding steroid dienone is 2. The number of carboxylic acids is 1. The lowest BCUT2D eigenvalue weighted by Crippen LogP contribution is -2.31. The van der Waals surface area contributed by atoms with Gasteiger partial charge < -0.3 is 5.11 Å². The molecule has 1 aromatic rings. The van der Waals surface area contributed by atoms with E-state index in [9.17, 15) is 22.8 Å². The van der Waals surface area contributed by atoms with Gasteiger partial charge in [-0.1, -0.05) is 0 Å². The number of rotatable bonds is 1. The van der Waals surface area contributed by atoms with Gasteiger partial charge in [0.1, 0.15) is 22.0 Å². The maximum atomic E-state index is 12.2. The van der Waals surface area contributed by atoms with Crippen molar-refractivity contribution in [2.75, 3.05) is 5.75 Å². The molecular weight excluding hydrogens is 300 g/mol. The molecule has 1 N–H and O–H groups in total. The van der Waals surface area contributed by atoms with Crippen molar-refractivity contribution in [3.05, 3.63) is 39.7 Å². The lowest BCUT2D eigenvalue weighted by Gasteiger charge is -2.19. The van der Waals surface area contributed by atoms with Crippen LogP contribution in [0.4, 0.5) is 0 Å². The molecule has 2 heterocycles. The molecular formula is C12H6N2O6S. The van der Waals surface area contributed by atoms with E-state index >= 15 is 0 Å². The number of pyridine rings is 1. The van der Waals surface area contributed by atoms with Gasteiger partial charge in [-0.3, -0.25) is 14.6 Å². The van der Waals surface area contributed by atoms with Crippen LogP contribution in [0.3, 0.4) is 0 Å². The molecule has 9 heteroatoms. The molecule has 0 fully saturated rings. The third-order valence-corrected chi connectivity index (χ3v) is 4.62. The molecule has 106 valence electrons. The first-order valence-electron chi connectivity index (χ1n) is 5.66. The van der Waals surface area contributed by atoms with E-state index in [4.69, 9.17) is 5.11 Å². The van der Waals surface area contributed by atoms with Crippen molar-refractivity contribution in [2.45, 2.75) is 0 Å². The van der Waals surface area contributed by atoms with Crippen LogP contribution in [-0.4, -0.2) is 48.0 Å². The highest BCUT2D eigenvalue weighted by atomic mass is 32.2. The predicted octanol–water partition coefficient (Wildman–Crippen LogP) is -0.130. The zero-order valence-corrected chi connectivity index (χ0v) is 11.0. The number of carboxylic acid groups (broad SMARTS) is 1. The zero-order chi connectivity index (χ0) is 15.4. The molecule has 0 bridgehead atoms. The molecule has 0 atom stereocenters. The average Bonchev–Trinajstić information content (AvgIpc) is 2.43. The van der Waals surface area contributed by atoms with Crippen LogP contribution in [0.25, 0.3) is 0 Å². The van der Waals surface area contributed by atoms with Gasteiger partial charge in [0.15, 0.2) is 9.84 Å². The van der Waals surface area contributed by atoms with Crippen LogP contribution in [0.2, 0.25) is 0 Å². The average molecular weight is 306 g/mol. The largest absolute Gasteiger partial charge is 0.477 e. The number of Topliss-reactive ketones (excluding diaryl/α,β-unsaturated/α-hetero) is 2. The van der Waals surface area contributed by atoms with Gasteiger partial charge in [0.25, 0.3) is 0 Å². The van der Waals surface area contributed by atoms with Crippen molar-refractivity contribution in [1.29, 1.82) is 0 Å². The van der Waals surface area contributed by atoms with Gasteiger partial charge in [0, 0.05) is 6.21 Å². The molecule has 1 aliphatic carbocycles. The number of aliphatic imine (C=N–C) groups is 1. The van der Waals surface area contributed by atoms with Crippen molar-refractivity contribution in [1.82, 2.24) is 4.98 Å². The molecule has 3 rings (SSSR count). The molecule has 0 saturated carbocycles. The van der Waals surface area contributed by atoms with Crippen LogP contribution >= 0.6 is 0 Å². The van der Waals surface area contributed by atoms with Gasteiger partial charge in [-0.05, 0) is 12.1 Å². The summed E-state index contributed by atoms with van der Waals surface area (Å²) in [5.74, 6) is -3.58. The highest BCUT2D eigenvalue weighted by Gasteiger charge is 2.41. The van der Waals surface area contributed by atoms with Crippen molar-refractivity contribution >= 4 is 33.6 Å². The first-order chi connectivity index (χ1) is 9.83. The predicted molar refractivity (Wildman–Crippen MR) is 69.2 cm³/mol. The standard InChI is InChI=1S/C12H6N2O6S/c15-9-5-1-2-6(12(17)18)14-7(5)10(16)8-11(9)21(19,20)4-3-13-8/h1-3H,4H2,(H,17,18). The van der Waals surface area contributed by atoms with Gasteiger partial charge in [-0.2, -0.15) is 0 Å². The van der Waals surface area contributed by atoms with Gasteiger partial charge >= 0.3 is 5.97 Å². The van der Waals surface area contributed by atoms with E-state index < -0.39 is 55.1 Å². The van der Waals surface area contributed by atoms with Crippen molar-refractivity contribution in [2.24, 2.45) is 4.99 Å². The smallest absolute Gasteiger partial charge is 0.354 e. The first-order valence-corrected chi connectivity index (χ1v) is 7.31. The number of carbonyl (C=O) groups is 3. The fourth-order valence-electron chi connectivity index (χ4n) is 2.10. The molecule has 0 unspecified atom stereocenters. The molecule has 0 saturated heterocycles. The van der Waals surface area contributed by atoms with Crippen LogP contribution in [0.5, 0.6) is 0 Å². The first kappa shape index (κ1) is 13.3. The summed E-state index contributed by atoms with van der Waals surface area (Å²) in [6.07, 6.45) is 1.02. The second-order valence-electron chi connectivity index (χ2n) is 4.33. The number of fused-ring (bicyclic) bond motifs is 1. The molecule has 0 spiro atoms. The van der Waals surface area contributed by atoms with E-state index in [0.717, 1.165) is 18.3 Å². The lowest BCUT2D eigenvalue weighted by atomic mass is 9.96. The summed E-state index contributed by atoms with van der Waals surface area (Å²) in [6, 6.07) is 2.13. The zero-order valence-electron chi connectivity index (χ0n) is 10.2. The topological polar surface area (TPSA) is 131 Å². The second-order valence-corrected chi connectivity index (χ2v) is 6.30. The van der Waals surface area contributed by atoms with E-state index in [1.165, 1.54) is 0 Å². The van der Waals surface area contributed by atoms with Crippen molar-refractivity contribution in [3.63, 3.8) is 0 Å². The highest BCUT2D eigenvalue weighted by molar-refractivity contribution is 7.97. The molecule has 0 amide bonds. The number of ketones is 2. The molecule has 1 aliphatic heterocycles. The minimum Gasteiger partial charge on any atom is -0.477 e. The summed E-state index contributed by atoms with van der Waals surface area (Å²) in [4.78, 5) is 42.0. The Morgan fingerprint density at radius 2 is 1.90 bits per heavy atom. The number of hydrogen-bond acceptors (Lipinski definition) is 7. The van der Waals surface area contributed by atoms with E-state index in [1.54, 1.807) is 0 Å². The van der Waals surface area contributed by atoms with Gasteiger partial charge in [0.2, 0.25) is 11.6 Å². The van der Waals surface area contributed by atoms with Gasteiger partial charge in [-0.15, -0.1) is 0 Å². The van der Waals surface area contributed by atoms with Crippen LogP contribution in [0.15, 0.2) is 27.7 Å². The number of nitrogens with zero attached hydrogens (tertiary/aromatic N) is 2. The fourth-order valence-corrected chi connectivity index (χ4v) is 3.37. The summed E-state index contributed by atoms with van der Waals surface area (Å²) in [7, 11) is -3.92. The number of hydrogen-bond donors (Lipinski definition) is 1. The summed E-state index contributed by atoms with van der Waals surface area (Å²) in [5.41, 5.74) is -1.55. The van der Waals surface area contributed by atoms with Gasteiger partial charge in [0.05, 0.1) is 11.3 Å². The minimum absolute atomic E-state index is 0.232. The van der Waals surface area contributed by atoms with E-state index in [1.807, 2.05) is 0 Å². The number of aromatic carboxylic acids is 1. The van der Waals surface area contributed by atoms with E-state index in [0.29, 0.717) is 0 Å². The Balaban J connectivity index is 2.30. The van der Waals surface area contributed by atoms with Crippen molar-refractivity contribution in [3.8, 4) is 0 Å². The summed E-state index contributed by atoms with van der Waals surface area (Å²) in [5, 5.41) is 8.86. The number of carbonyl (C=O) groups excluding carboxylic acids is 2. The Morgan fingerprint density at radius 1 is 1.19 bits per heavy atom. The maximum Gasteiger partial charge on any atom is 0.354 e. The third-order valence-electron chi connectivity index (χ3n) is 3.04. The van der Waals surface area contributed by atoms with Gasteiger partial charge in [-0.25, -0.2) is 18.2 Å². The van der Waals surface area contributed by atoms with Crippen LogP contribution in [0, 0.1) is 0 Å². The van der Waals surface area contributed by atoms with E-state index in [-0.39, 0.29) is 5.56 Å². The van der Waals surface area contributed by atoms with Crippen LogP contribution in [0.1, 0.15) is 31.3 Å². The summed E-state index contributed by atoms with van der Waals surface area (Å²) >= 11 is 0. The molecule has 1 aromatic heterocycles. The molecule has 0 radical (unpaired) electrons. The number of sulfone groups is 1. The fraction of sp³-hybridized carbons (Fsp3) is 0.0833. The number of aromatic nitrogens is 1. The Bertz CT molecular complexity index is 894. The Hall–Kier alpha value is -2.68. The monoisotopic (exact) mass is 306 g/mol. The maximum absolute atomic E-state index is 12.2. The van der Waals surface area contributed by atoms with Crippen molar-refractivity contribution < 1.29 is 27.9 Å². The molecule has 21 heavy (non-hydrogen) atoms. The van der Waals surface area contributed by atoms with Crippen LogP contribution in [-0.2, 0) is 9.84 Å². The SMILES string of the molecule is O=C(O)c1ccc2c(n1)C(=O)C1=C(C2=O)S(=O)(=O)CC=N1. The Labute approximate surface area is 117 Å². The summed E-state index contributed by atoms with van der Waals surface area (Å²) in [6.45, 7) is 0. The third kappa shape index (κ3) is 1.82. The normalized spacial score (nSPS) is 19.2. The Kier molecular flexibility index (Phi) is 2.63. The minimum atomic E-state index is -3.92.